The van der Waals surface area contributed by atoms with E-state index >= 15 is 0 Å². The van der Waals surface area contributed by atoms with Crippen LogP contribution in [0.3, 0.4) is 0 Å². The van der Waals surface area contributed by atoms with Gasteiger partial charge >= 0.3 is 12.2 Å². The number of nitrogens with one attached hydrogen (secondary N) is 4. The second-order valence-electron chi connectivity index (χ2n) is 14.6. The van der Waals surface area contributed by atoms with Gasteiger partial charge in [-0.15, -0.1) is 34.0 Å². The second kappa shape index (κ2) is 19.4. The maximum absolute atomic E-state index is 13.5. The zero-order valence-electron chi connectivity index (χ0n) is 32.5. The van der Waals surface area contributed by atoms with Crippen LogP contribution < -0.4 is 10.6 Å². The zero-order valence-corrected chi connectivity index (χ0v) is 36.0. The van der Waals surface area contributed by atoms with Crippen molar-refractivity contribution >= 4 is 58.0 Å². The minimum atomic E-state index is -0.687. The van der Waals surface area contributed by atoms with Crippen LogP contribution in [-0.4, -0.2) is 93.1 Å². The van der Waals surface area contributed by atoms with Gasteiger partial charge in [-0.2, -0.15) is 0 Å². The first kappa shape index (κ1) is 44.0. The number of hydrogen-bond donors (Lipinski definition) is 4. The van der Waals surface area contributed by atoms with Crippen LogP contribution >= 0.6 is 34.0 Å². The number of likely N-dealkylation sites (tertiary alicyclic amines) is 2. The van der Waals surface area contributed by atoms with Gasteiger partial charge < -0.3 is 39.9 Å². The summed E-state index contributed by atoms with van der Waals surface area (Å²) in [6, 6.07) is 14.7. The smallest absolute Gasteiger partial charge is 0.407 e. The van der Waals surface area contributed by atoms with Crippen molar-refractivity contribution in [3.8, 4) is 33.6 Å². The number of halogens is 2. The predicted octanol–water partition coefficient (Wildman–Crippen LogP) is 7.38. The topological polar surface area (TPSA) is 175 Å². The molecule has 0 bridgehead atoms. The third kappa shape index (κ3) is 9.63. The average molecular weight is 901 g/mol. The van der Waals surface area contributed by atoms with E-state index in [1.165, 1.54) is 14.2 Å². The van der Waals surface area contributed by atoms with Gasteiger partial charge in [0.2, 0.25) is 11.8 Å². The normalized spacial score (nSPS) is 17.5. The minimum absolute atomic E-state index is 0. The van der Waals surface area contributed by atoms with Crippen molar-refractivity contribution in [2.45, 2.75) is 77.5 Å². The fourth-order valence-corrected chi connectivity index (χ4v) is 7.38. The molecular formula is C40H52Br2N8O6. The quantitative estimate of drug-likeness (QED) is 0.121. The molecule has 2 fully saturated rings. The Morgan fingerprint density at radius 2 is 0.964 bits per heavy atom. The van der Waals surface area contributed by atoms with Gasteiger partial charge in [-0.05, 0) is 59.8 Å². The van der Waals surface area contributed by atoms with Crippen molar-refractivity contribution in [2.24, 2.45) is 11.8 Å². The SMILES string of the molecule is Br.Br.COC(=O)NC(C(=O)N1CCC[C@@H]1c1ncc(-c2ccc(-c3ccc(-c4cnc([C@H]5CCCN5C(=O)[C@H](NC(=O)OC)C(C)C)[nH]4)cc3)cc2)[nH]1)C(C)C. The maximum Gasteiger partial charge on any atom is 0.407 e. The van der Waals surface area contributed by atoms with E-state index in [0.717, 1.165) is 71.0 Å². The molecule has 4 amide bonds. The summed E-state index contributed by atoms with van der Waals surface area (Å²) >= 11 is 0. The predicted molar refractivity (Wildman–Crippen MR) is 223 cm³/mol. The molecule has 0 radical (unpaired) electrons. The lowest BCUT2D eigenvalue weighted by atomic mass is 10.0. The number of amides is 4. The van der Waals surface area contributed by atoms with Gasteiger partial charge in [0.25, 0.3) is 0 Å². The van der Waals surface area contributed by atoms with Crippen LogP contribution in [0.1, 0.15) is 77.1 Å². The monoisotopic (exact) mass is 898 g/mol. The third-order valence-electron chi connectivity index (χ3n) is 10.4. The summed E-state index contributed by atoms with van der Waals surface area (Å²) in [6.45, 7) is 8.78. The molecule has 0 aliphatic carbocycles. The van der Waals surface area contributed by atoms with Gasteiger partial charge in [-0.1, -0.05) is 76.2 Å². The Morgan fingerprint density at radius 3 is 1.29 bits per heavy atom. The number of H-pyrrole nitrogens is 2. The van der Waals surface area contributed by atoms with Crippen LogP contribution in [0.15, 0.2) is 60.9 Å². The number of carbonyl (C=O) groups excluding carboxylic acids is 4. The number of hydrogen-bond acceptors (Lipinski definition) is 8. The number of ether oxygens (including phenoxy) is 2. The molecule has 2 aromatic heterocycles. The van der Waals surface area contributed by atoms with E-state index < -0.39 is 24.3 Å². The highest BCUT2D eigenvalue weighted by molar-refractivity contribution is 8.93. The lowest BCUT2D eigenvalue weighted by molar-refractivity contribution is -0.136. The fraction of sp³-hybridized carbons (Fsp3) is 0.450. The number of methoxy groups -OCH3 is 2. The summed E-state index contributed by atoms with van der Waals surface area (Å²) in [7, 11) is 2.58. The molecular weight excluding hydrogens is 848 g/mol. The number of nitrogens with zero attached hydrogens (tertiary/aromatic N) is 4. The van der Waals surface area contributed by atoms with E-state index in [0.29, 0.717) is 13.1 Å². The first-order chi connectivity index (χ1) is 26.0. The Labute approximate surface area is 348 Å². The fourth-order valence-electron chi connectivity index (χ4n) is 7.38. The summed E-state index contributed by atoms with van der Waals surface area (Å²) in [5, 5.41) is 5.38. The van der Waals surface area contributed by atoms with E-state index in [2.05, 4.69) is 54.8 Å². The number of alkyl carbamates (subject to hydrolysis) is 2. The van der Waals surface area contributed by atoms with Gasteiger partial charge in [-0.3, -0.25) is 9.59 Å². The Hall–Kier alpha value is -4.70. The van der Waals surface area contributed by atoms with E-state index in [1.54, 1.807) is 22.2 Å². The molecule has 302 valence electrons. The first-order valence-electron chi connectivity index (χ1n) is 18.6. The molecule has 14 nitrogen and oxygen atoms in total. The highest BCUT2D eigenvalue weighted by atomic mass is 79.9. The molecule has 0 saturated carbocycles. The molecule has 6 rings (SSSR count). The van der Waals surface area contributed by atoms with Gasteiger partial charge in [0, 0.05) is 13.1 Å². The summed E-state index contributed by atoms with van der Waals surface area (Å²) in [5.41, 5.74) is 5.78. The van der Waals surface area contributed by atoms with Crippen LogP contribution in [0.2, 0.25) is 0 Å². The van der Waals surface area contributed by atoms with E-state index in [1.807, 2.05) is 52.0 Å². The number of aromatic nitrogens is 4. The zero-order chi connectivity index (χ0) is 38.5. The third-order valence-corrected chi connectivity index (χ3v) is 10.4. The van der Waals surface area contributed by atoms with Crippen LogP contribution in [0.5, 0.6) is 0 Å². The Bertz CT molecular complexity index is 1810. The summed E-state index contributed by atoms with van der Waals surface area (Å²) < 4.78 is 9.50. The summed E-state index contributed by atoms with van der Waals surface area (Å²) in [6.07, 6.45) is 5.61. The van der Waals surface area contributed by atoms with Gasteiger partial charge in [0.1, 0.15) is 23.7 Å². The molecule has 56 heavy (non-hydrogen) atoms. The van der Waals surface area contributed by atoms with Crippen LogP contribution in [0.25, 0.3) is 33.6 Å². The van der Waals surface area contributed by atoms with Crippen molar-refractivity contribution in [2.75, 3.05) is 27.3 Å². The molecule has 0 spiro atoms. The van der Waals surface area contributed by atoms with Crippen LogP contribution in [0.4, 0.5) is 9.59 Å². The van der Waals surface area contributed by atoms with E-state index in [9.17, 15) is 19.2 Å². The standard InChI is InChI=1S/C40H50N8O6.2BrH/c1-23(2)33(45-39(51)53-5)37(49)47-19-7-9-31(47)35-41-21-29(43-35)27-15-11-25(12-16-27)26-13-17-28(18-14-26)30-22-42-36(44-30)32-10-8-20-48(32)38(50)34(24(3)4)46-40(52)54-6;;/h11-18,21-24,31-34H,7-10,19-20H2,1-6H3,(H,41,43)(H,42,44)(H,45,51)(H,46,52);2*1H/t31-,32-,33-,34?;;/m1../s1. The average Bonchev–Trinajstić information content (AvgIpc) is 4.02. The number of aromatic amines is 2. The molecule has 4 aromatic rings. The van der Waals surface area contributed by atoms with Crippen molar-refractivity contribution in [3.05, 3.63) is 72.6 Å². The van der Waals surface area contributed by atoms with E-state index in [-0.39, 0.29) is 69.7 Å². The van der Waals surface area contributed by atoms with Crippen LogP contribution in [0, 0.1) is 11.8 Å². The molecule has 2 saturated heterocycles. The number of imidazole rings is 2. The number of rotatable bonds is 11. The molecule has 1 unspecified atom stereocenters. The second-order valence-corrected chi connectivity index (χ2v) is 14.6. The summed E-state index contributed by atoms with van der Waals surface area (Å²) in [5.74, 6) is 0.955. The Morgan fingerprint density at radius 1 is 0.625 bits per heavy atom. The first-order valence-corrected chi connectivity index (χ1v) is 18.6. The molecule has 2 aliphatic heterocycles. The lowest BCUT2D eigenvalue weighted by Crippen LogP contribution is -2.51. The minimum Gasteiger partial charge on any atom is -0.453 e. The summed E-state index contributed by atoms with van der Waals surface area (Å²) in [4.78, 5) is 70.7. The molecule has 4 N–H and O–H groups in total. The van der Waals surface area contributed by atoms with Gasteiger partial charge in [0.15, 0.2) is 0 Å². The highest BCUT2D eigenvalue weighted by Gasteiger charge is 2.39. The largest absolute Gasteiger partial charge is 0.453 e. The lowest BCUT2D eigenvalue weighted by Gasteiger charge is -2.30. The van der Waals surface area contributed by atoms with Gasteiger partial charge in [0.05, 0.1) is 50.1 Å². The molecule has 2 aliphatic rings. The van der Waals surface area contributed by atoms with Gasteiger partial charge in [-0.25, -0.2) is 19.6 Å². The Balaban J connectivity index is 0.00000348. The Kier molecular flexibility index (Phi) is 15.3. The molecule has 16 heteroatoms. The molecule has 2 aromatic carbocycles. The number of benzene rings is 2. The van der Waals surface area contributed by atoms with Crippen molar-refractivity contribution in [3.63, 3.8) is 0 Å². The van der Waals surface area contributed by atoms with Crippen molar-refractivity contribution in [1.29, 1.82) is 0 Å². The van der Waals surface area contributed by atoms with Crippen molar-refractivity contribution in [1.82, 2.24) is 40.4 Å². The number of carbonyl (C=O) groups is 4. The molecule has 4 atom stereocenters. The van der Waals surface area contributed by atoms with Crippen molar-refractivity contribution < 1.29 is 28.7 Å². The van der Waals surface area contributed by atoms with Crippen LogP contribution in [-0.2, 0) is 19.1 Å². The highest BCUT2D eigenvalue weighted by Crippen LogP contribution is 2.35. The molecule has 4 heterocycles. The van der Waals surface area contributed by atoms with E-state index in [4.69, 9.17) is 9.47 Å². The maximum atomic E-state index is 13.5.